The van der Waals surface area contributed by atoms with E-state index in [2.05, 4.69) is 5.32 Å². The number of nitrogens with zero attached hydrogens (tertiary/aromatic N) is 2. The molecule has 0 bridgehead atoms. The summed E-state index contributed by atoms with van der Waals surface area (Å²) in [6.45, 7) is 6.54. The fourth-order valence-electron chi connectivity index (χ4n) is 5.98. The second-order valence-corrected chi connectivity index (χ2v) is 10.7. The van der Waals surface area contributed by atoms with Gasteiger partial charge in [0.05, 0.1) is 25.3 Å². The number of hydrogen-bond donors (Lipinski definition) is 1. The van der Waals surface area contributed by atoms with E-state index >= 15 is 0 Å². The lowest BCUT2D eigenvalue weighted by Gasteiger charge is -2.40. The predicted molar refractivity (Wildman–Crippen MR) is 154 cm³/mol. The van der Waals surface area contributed by atoms with Crippen molar-refractivity contribution in [2.24, 2.45) is 5.92 Å². The molecule has 2 fully saturated rings. The molecule has 2 aliphatic rings. The molecule has 0 saturated carbocycles. The van der Waals surface area contributed by atoms with Crippen LogP contribution in [0, 0.1) is 5.92 Å². The van der Waals surface area contributed by atoms with Crippen LogP contribution in [0.15, 0.2) is 60.7 Å². The smallest absolute Gasteiger partial charge is 0.328 e. The van der Waals surface area contributed by atoms with E-state index in [1.165, 1.54) is 0 Å². The van der Waals surface area contributed by atoms with Gasteiger partial charge in [0.1, 0.15) is 12.1 Å². The van der Waals surface area contributed by atoms with Crippen LogP contribution < -0.4 is 5.32 Å². The van der Waals surface area contributed by atoms with Gasteiger partial charge in [-0.1, -0.05) is 48.5 Å². The number of amides is 2. The number of fused-ring (bicyclic) bond motifs is 1. The first-order valence-corrected chi connectivity index (χ1v) is 14.6. The molecule has 9 nitrogen and oxygen atoms in total. The van der Waals surface area contributed by atoms with Crippen molar-refractivity contribution in [2.45, 2.75) is 70.6 Å². The van der Waals surface area contributed by atoms with Gasteiger partial charge in [-0.05, 0) is 70.1 Å². The van der Waals surface area contributed by atoms with Crippen molar-refractivity contribution >= 4 is 23.8 Å². The molecule has 41 heavy (non-hydrogen) atoms. The molecule has 0 radical (unpaired) electrons. The fraction of sp³-hybridized carbons (Fsp3) is 0.500. The van der Waals surface area contributed by atoms with E-state index in [4.69, 9.17) is 9.47 Å². The molecule has 0 aliphatic carbocycles. The third kappa shape index (κ3) is 7.33. The number of carbonyl (C=O) groups excluding carboxylic acids is 4. The van der Waals surface area contributed by atoms with Crippen molar-refractivity contribution in [3.05, 3.63) is 71.8 Å². The number of rotatable bonds is 11. The zero-order chi connectivity index (χ0) is 29.4. The molecule has 2 heterocycles. The summed E-state index contributed by atoms with van der Waals surface area (Å²) in [5.74, 6) is -1.17. The van der Waals surface area contributed by atoms with Gasteiger partial charge in [-0.15, -0.1) is 0 Å². The lowest BCUT2D eigenvalue weighted by Crippen LogP contribution is -2.59. The van der Waals surface area contributed by atoms with E-state index in [1.807, 2.05) is 48.5 Å². The third-order valence-electron chi connectivity index (χ3n) is 8.02. The molecule has 2 amide bonds. The van der Waals surface area contributed by atoms with Gasteiger partial charge in [0, 0.05) is 18.7 Å². The summed E-state index contributed by atoms with van der Waals surface area (Å²) < 4.78 is 10.7. The zero-order valence-corrected chi connectivity index (χ0v) is 24.2. The number of benzene rings is 2. The Morgan fingerprint density at radius 1 is 0.951 bits per heavy atom. The number of esters is 2. The van der Waals surface area contributed by atoms with Gasteiger partial charge in [-0.2, -0.15) is 0 Å². The lowest BCUT2D eigenvalue weighted by molar-refractivity contribution is -0.155. The highest BCUT2D eigenvalue weighted by Gasteiger charge is 2.51. The number of likely N-dealkylation sites (tertiary alicyclic amines) is 2. The van der Waals surface area contributed by atoms with Gasteiger partial charge in [0.15, 0.2) is 0 Å². The normalized spacial score (nSPS) is 21.5. The largest absolute Gasteiger partial charge is 0.465 e. The van der Waals surface area contributed by atoms with Gasteiger partial charge < -0.3 is 19.3 Å². The Morgan fingerprint density at radius 2 is 1.61 bits per heavy atom. The Morgan fingerprint density at radius 3 is 2.27 bits per heavy atom. The van der Waals surface area contributed by atoms with Crippen molar-refractivity contribution in [1.29, 1.82) is 0 Å². The Hall–Kier alpha value is -3.72. The van der Waals surface area contributed by atoms with Crippen molar-refractivity contribution in [2.75, 3.05) is 26.3 Å². The molecule has 0 spiro atoms. The monoisotopic (exact) mass is 563 g/mol. The summed E-state index contributed by atoms with van der Waals surface area (Å²) in [5.41, 5.74) is 1.67. The zero-order valence-electron chi connectivity index (χ0n) is 24.2. The molecule has 5 atom stereocenters. The SMILES string of the molecule is CCOC(=O)[C@H](CCc1ccccc1)N[C@H](C)C(=O)N1[C@@H]2CN(C(=O)c3ccccc3)CC[C@H]2C[C@H]1C(=O)OCC. The van der Waals surface area contributed by atoms with E-state index in [0.29, 0.717) is 44.3 Å². The van der Waals surface area contributed by atoms with E-state index in [1.54, 1.807) is 42.7 Å². The van der Waals surface area contributed by atoms with Crippen LogP contribution in [0.25, 0.3) is 0 Å². The maximum atomic E-state index is 14.1. The topological polar surface area (TPSA) is 105 Å². The Labute approximate surface area is 242 Å². The second kappa shape index (κ2) is 14.3. The molecule has 9 heteroatoms. The third-order valence-corrected chi connectivity index (χ3v) is 8.02. The summed E-state index contributed by atoms with van der Waals surface area (Å²) in [6.07, 6.45) is 2.26. The highest BCUT2D eigenvalue weighted by atomic mass is 16.5. The first kappa shape index (κ1) is 30.2. The molecule has 0 aromatic heterocycles. The van der Waals surface area contributed by atoms with Gasteiger partial charge in [0.2, 0.25) is 5.91 Å². The molecule has 2 aromatic carbocycles. The summed E-state index contributed by atoms with van der Waals surface area (Å²) in [4.78, 5) is 56.6. The Kier molecular flexibility index (Phi) is 10.5. The minimum atomic E-state index is -0.768. The fourth-order valence-corrected chi connectivity index (χ4v) is 5.98. The summed E-state index contributed by atoms with van der Waals surface area (Å²) >= 11 is 0. The molecule has 2 aliphatic heterocycles. The van der Waals surface area contributed by atoms with Gasteiger partial charge in [-0.25, -0.2) is 4.79 Å². The number of aryl methyl sites for hydroxylation is 1. The van der Waals surface area contributed by atoms with Crippen LogP contribution in [-0.2, 0) is 30.3 Å². The van der Waals surface area contributed by atoms with Gasteiger partial charge in [0.25, 0.3) is 5.91 Å². The number of hydrogen-bond acceptors (Lipinski definition) is 7. The average Bonchev–Trinajstić information content (AvgIpc) is 3.38. The second-order valence-electron chi connectivity index (χ2n) is 10.7. The quantitative estimate of drug-likeness (QED) is 0.419. The number of ether oxygens (including phenoxy) is 2. The molecule has 220 valence electrons. The molecule has 4 rings (SSSR count). The van der Waals surface area contributed by atoms with Gasteiger partial charge >= 0.3 is 11.9 Å². The van der Waals surface area contributed by atoms with Crippen LogP contribution in [0.1, 0.15) is 56.0 Å². The van der Waals surface area contributed by atoms with Crippen LogP contribution in [0.2, 0.25) is 0 Å². The van der Waals surface area contributed by atoms with Crippen molar-refractivity contribution < 1.29 is 28.7 Å². The highest BCUT2D eigenvalue weighted by Crippen LogP contribution is 2.37. The molecule has 2 saturated heterocycles. The van der Waals surface area contributed by atoms with E-state index < -0.39 is 30.1 Å². The van der Waals surface area contributed by atoms with Crippen molar-refractivity contribution in [3.63, 3.8) is 0 Å². The van der Waals surface area contributed by atoms with Crippen molar-refractivity contribution in [3.8, 4) is 0 Å². The molecular weight excluding hydrogens is 522 g/mol. The van der Waals surface area contributed by atoms with Crippen LogP contribution >= 0.6 is 0 Å². The first-order chi connectivity index (χ1) is 19.8. The van der Waals surface area contributed by atoms with E-state index in [-0.39, 0.29) is 37.0 Å². The summed E-state index contributed by atoms with van der Waals surface area (Å²) in [6, 6.07) is 16.4. The maximum Gasteiger partial charge on any atom is 0.328 e. The minimum absolute atomic E-state index is 0.0688. The maximum absolute atomic E-state index is 14.1. The van der Waals surface area contributed by atoms with Crippen LogP contribution in [0.5, 0.6) is 0 Å². The molecular formula is C32H41N3O6. The standard InChI is InChI=1S/C32H41N3O6/c1-4-40-31(38)26(17-16-23-12-8-6-9-13-23)33-22(3)29(36)35-27(32(39)41-5-2)20-25-18-19-34(21-28(25)35)30(37)24-14-10-7-11-15-24/h6-15,22,25-28,33H,4-5,16-21H2,1-3H3/t22-,25+,26+,27+,28-/m1/s1. The number of nitrogens with one attached hydrogen (secondary N) is 1. The Balaban J connectivity index is 1.52. The van der Waals surface area contributed by atoms with Crippen LogP contribution in [-0.4, -0.2) is 84.0 Å². The van der Waals surface area contributed by atoms with Gasteiger partial charge in [-0.3, -0.25) is 19.7 Å². The average molecular weight is 564 g/mol. The van der Waals surface area contributed by atoms with E-state index in [0.717, 1.165) is 5.56 Å². The predicted octanol–water partition coefficient (Wildman–Crippen LogP) is 3.22. The Bertz CT molecular complexity index is 1190. The number of carbonyl (C=O) groups is 4. The minimum Gasteiger partial charge on any atom is -0.465 e. The van der Waals surface area contributed by atoms with Crippen LogP contribution in [0.4, 0.5) is 0 Å². The molecule has 0 unspecified atom stereocenters. The van der Waals surface area contributed by atoms with Crippen LogP contribution in [0.3, 0.4) is 0 Å². The molecule has 2 aromatic rings. The highest BCUT2D eigenvalue weighted by molar-refractivity contribution is 5.94. The first-order valence-electron chi connectivity index (χ1n) is 14.6. The summed E-state index contributed by atoms with van der Waals surface area (Å²) in [7, 11) is 0. The lowest BCUT2D eigenvalue weighted by atomic mass is 9.91. The molecule has 1 N–H and O–H groups in total. The van der Waals surface area contributed by atoms with Crippen molar-refractivity contribution in [1.82, 2.24) is 15.1 Å². The summed E-state index contributed by atoms with van der Waals surface area (Å²) in [5, 5.41) is 3.20. The number of piperidine rings is 1. The van der Waals surface area contributed by atoms with E-state index in [9.17, 15) is 19.2 Å².